The van der Waals surface area contributed by atoms with E-state index in [2.05, 4.69) is 9.97 Å². The van der Waals surface area contributed by atoms with Gasteiger partial charge in [-0.15, -0.1) is 0 Å². The summed E-state index contributed by atoms with van der Waals surface area (Å²) in [6, 6.07) is 5.58. The SMILES string of the molecule is COc1nccnc1O[C@@H]1CCN(C(=O)Cc2ccc3c(c2)OCO3)C1. The molecule has 8 heteroatoms. The van der Waals surface area contributed by atoms with Gasteiger partial charge >= 0.3 is 0 Å². The number of likely N-dealkylation sites (tertiary alicyclic amines) is 1. The monoisotopic (exact) mass is 357 g/mol. The Balaban J connectivity index is 1.35. The van der Waals surface area contributed by atoms with Crippen LogP contribution in [0, 0.1) is 0 Å². The normalized spacial score (nSPS) is 18.0. The van der Waals surface area contributed by atoms with Crippen molar-refractivity contribution in [3.05, 3.63) is 36.2 Å². The summed E-state index contributed by atoms with van der Waals surface area (Å²) < 4.78 is 21.7. The number of benzene rings is 1. The van der Waals surface area contributed by atoms with Crippen LogP contribution in [0.5, 0.6) is 23.3 Å². The van der Waals surface area contributed by atoms with E-state index in [0.29, 0.717) is 42.8 Å². The molecule has 0 aliphatic carbocycles. The van der Waals surface area contributed by atoms with E-state index < -0.39 is 0 Å². The molecule has 1 atom stereocenters. The maximum absolute atomic E-state index is 12.6. The van der Waals surface area contributed by atoms with Gasteiger partial charge in [0.25, 0.3) is 11.8 Å². The summed E-state index contributed by atoms with van der Waals surface area (Å²) in [4.78, 5) is 22.6. The van der Waals surface area contributed by atoms with Crippen LogP contribution < -0.4 is 18.9 Å². The molecular weight excluding hydrogens is 338 g/mol. The average Bonchev–Trinajstić information content (AvgIpc) is 3.31. The lowest BCUT2D eigenvalue weighted by Gasteiger charge is -2.17. The third-order valence-corrected chi connectivity index (χ3v) is 4.39. The van der Waals surface area contributed by atoms with Gasteiger partial charge < -0.3 is 23.8 Å². The molecule has 0 saturated carbocycles. The third-order valence-electron chi connectivity index (χ3n) is 4.39. The number of hydrogen-bond acceptors (Lipinski definition) is 7. The molecule has 1 aromatic heterocycles. The number of nitrogens with zero attached hydrogens (tertiary/aromatic N) is 3. The first-order valence-corrected chi connectivity index (χ1v) is 8.41. The van der Waals surface area contributed by atoms with Gasteiger partial charge in [0, 0.05) is 25.4 Å². The van der Waals surface area contributed by atoms with Crippen molar-refractivity contribution in [3.63, 3.8) is 0 Å². The van der Waals surface area contributed by atoms with Crippen molar-refractivity contribution in [2.45, 2.75) is 18.9 Å². The number of carbonyl (C=O) groups excluding carboxylic acids is 1. The number of ether oxygens (including phenoxy) is 4. The van der Waals surface area contributed by atoms with E-state index in [1.165, 1.54) is 7.11 Å². The highest BCUT2D eigenvalue weighted by Gasteiger charge is 2.29. The fourth-order valence-corrected chi connectivity index (χ4v) is 3.08. The van der Waals surface area contributed by atoms with Gasteiger partial charge in [0.15, 0.2) is 11.5 Å². The molecule has 0 N–H and O–H groups in total. The van der Waals surface area contributed by atoms with Gasteiger partial charge in [0.2, 0.25) is 12.7 Å². The van der Waals surface area contributed by atoms with Gasteiger partial charge in [-0.2, -0.15) is 0 Å². The smallest absolute Gasteiger partial charge is 0.278 e. The number of amides is 1. The van der Waals surface area contributed by atoms with Crippen molar-refractivity contribution >= 4 is 5.91 Å². The Morgan fingerprint density at radius 2 is 2.04 bits per heavy atom. The van der Waals surface area contributed by atoms with Crippen LogP contribution in [0.1, 0.15) is 12.0 Å². The van der Waals surface area contributed by atoms with Crippen molar-refractivity contribution in [3.8, 4) is 23.3 Å². The minimum absolute atomic E-state index is 0.0566. The van der Waals surface area contributed by atoms with Crippen LogP contribution in [0.2, 0.25) is 0 Å². The van der Waals surface area contributed by atoms with Crippen LogP contribution in [0.25, 0.3) is 0 Å². The lowest BCUT2D eigenvalue weighted by Crippen LogP contribution is -2.32. The maximum atomic E-state index is 12.6. The molecule has 26 heavy (non-hydrogen) atoms. The molecule has 2 aromatic rings. The molecule has 8 nitrogen and oxygen atoms in total. The molecule has 2 aliphatic rings. The average molecular weight is 357 g/mol. The first-order valence-electron chi connectivity index (χ1n) is 8.41. The fraction of sp³-hybridized carbons (Fsp3) is 0.389. The van der Waals surface area contributed by atoms with Crippen molar-refractivity contribution in [1.29, 1.82) is 0 Å². The van der Waals surface area contributed by atoms with Gasteiger partial charge in [0.05, 0.1) is 20.1 Å². The Kier molecular flexibility index (Phi) is 4.47. The molecule has 1 aromatic carbocycles. The zero-order chi connectivity index (χ0) is 17.9. The summed E-state index contributed by atoms with van der Waals surface area (Å²) in [5.74, 6) is 2.16. The molecular formula is C18H19N3O5. The molecule has 2 aliphatic heterocycles. The predicted octanol–water partition coefficient (Wildman–Crippen LogP) is 1.44. The van der Waals surface area contributed by atoms with E-state index in [9.17, 15) is 4.79 Å². The maximum Gasteiger partial charge on any atom is 0.278 e. The van der Waals surface area contributed by atoms with Crippen LogP contribution in [0.3, 0.4) is 0 Å². The topological polar surface area (TPSA) is 83.0 Å². The molecule has 136 valence electrons. The van der Waals surface area contributed by atoms with Crippen LogP contribution >= 0.6 is 0 Å². The molecule has 1 saturated heterocycles. The Morgan fingerprint density at radius 3 is 2.88 bits per heavy atom. The van der Waals surface area contributed by atoms with Gasteiger partial charge in [0.1, 0.15) is 6.10 Å². The number of rotatable bonds is 5. The largest absolute Gasteiger partial charge is 0.477 e. The highest BCUT2D eigenvalue weighted by atomic mass is 16.7. The van der Waals surface area contributed by atoms with Crippen molar-refractivity contribution in [2.24, 2.45) is 0 Å². The summed E-state index contributed by atoms with van der Waals surface area (Å²) in [6.45, 7) is 1.39. The number of aromatic nitrogens is 2. The predicted molar refractivity (Wildman–Crippen MR) is 90.5 cm³/mol. The number of carbonyl (C=O) groups is 1. The zero-order valence-electron chi connectivity index (χ0n) is 14.4. The molecule has 3 heterocycles. The second kappa shape index (κ2) is 7.07. The van der Waals surface area contributed by atoms with Gasteiger partial charge in [-0.3, -0.25) is 4.79 Å². The Morgan fingerprint density at radius 1 is 1.23 bits per heavy atom. The minimum atomic E-state index is -0.124. The van der Waals surface area contributed by atoms with Crippen molar-refractivity contribution in [1.82, 2.24) is 14.9 Å². The molecule has 0 unspecified atom stereocenters. The standard InChI is InChI=1S/C18H19N3O5/c1-23-17-18(20-6-5-19-17)26-13-4-7-21(10-13)16(22)9-12-2-3-14-15(8-12)25-11-24-14/h2-3,5-6,8,13H,4,7,9-11H2,1H3/t13-/m1/s1. The summed E-state index contributed by atoms with van der Waals surface area (Å²) in [6.07, 6.45) is 4.03. The van der Waals surface area contributed by atoms with Gasteiger partial charge in [-0.25, -0.2) is 9.97 Å². The quantitative estimate of drug-likeness (QED) is 0.800. The first kappa shape index (κ1) is 16.4. The van der Waals surface area contributed by atoms with Gasteiger partial charge in [-0.1, -0.05) is 6.07 Å². The molecule has 1 fully saturated rings. The van der Waals surface area contributed by atoms with Crippen LogP contribution in [0.4, 0.5) is 0 Å². The highest BCUT2D eigenvalue weighted by Crippen LogP contribution is 2.33. The summed E-state index contributed by atoms with van der Waals surface area (Å²) in [5.41, 5.74) is 0.902. The lowest BCUT2D eigenvalue weighted by atomic mass is 10.1. The molecule has 0 radical (unpaired) electrons. The first-order chi connectivity index (χ1) is 12.7. The summed E-state index contributed by atoms with van der Waals surface area (Å²) in [5, 5.41) is 0. The number of fused-ring (bicyclic) bond motifs is 1. The summed E-state index contributed by atoms with van der Waals surface area (Å²) in [7, 11) is 1.52. The second-order valence-electron chi connectivity index (χ2n) is 6.10. The van der Waals surface area contributed by atoms with Crippen molar-refractivity contribution in [2.75, 3.05) is 27.0 Å². The highest BCUT2D eigenvalue weighted by molar-refractivity contribution is 5.79. The number of methoxy groups -OCH3 is 1. The molecule has 0 spiro atoms. The Hall–Kier alpha value is -3.03. The third kappa shape index (κ3) is 3.35. The Labute approximate surface area is 150 Å². The summed E-state index contributed by atoms with van der Waals surface area (Å²) >= 11 is 0. The van der Waals surface area contributed by atoms with E-state index >= 15 is 0 Å². The van der Waals surface area contributed by atoms with Crippen molar-refractivity contribution < 1.29 is 23.7 Å². The number of hydrogen-bond donors (Lipinski definition) is 0. The van der Waals surface area contributed by atoms with E-state index in [1.54, 1.807) is 17.3 Å². The van der Waals surface area contributed by atoms with E-state index in [0.717, 1.165) is 12.0 Å². The minimum Gasteiger partial charge on any atom is -0.477 e. The van der Waals surface area contributed by atoms with Crippen LogP contribution in [0.15, 0.2) is 30.6 Å². The van der Waals surface area contributed by atoms with E-state index in [1.807, 2.05) is 18.2 Å². The van der Waals surface area contributed by atoms with Gasteiger partial charge in [-0.05, 0) is 17.7 Å². The van der Waals surface area contributed by atoms with E-state index in [-0.39, 0.29) is 18.8 Å². The van der Waals surface area contributed by atoms with E-state index in [4.69, 9.17) is 18.9 Å². The molecule has 4 rings (SSSR count). The molecule has 1 amide bonds. The lowest BCUT2D eigenvalue weighted by molar-refractivity contribution is -0.129. The Bertz CT molecular complexity index is 813. The second-order valence-corrected chi connectivity index (χ2v) is 6.10. The van der Waals surface area contributed by atoms with Crippen LogP contribution in [-0.4, -0.2) is 53.9 Å². The fourth-order valence-electron chi connectivity index (χ4n) is 3.08. The zero-order valence-corrected chi connectivity index (χ0v) is 14.4. The van der Waals surface area contributed by atoms with Crippen LogP contribution in [-0.2, 0) is 11.2 Å². The molecule has 0 bridgehead atoms.